The molecule has 1 aromatic rings. The van der Waals surface area contributed by atoms with E-state index in [1.54, 1.807) is 0 Å². The van der Waals surface area contributed by atoms with Gasteiger partial charge in [-0.25, -0.2) is 0 Å². The summed E-state index contributed by atoms with van der Waals surface area (Å²) in [6.07, 6.45) is 1.77. The molecule has 2 rings (SSSR count). The van der Waals surface area contributed by atoms with Gasteiger partial charge in [-0.1, -0.05) is 43.6 Å². The summed E-state index contributed by atoms with van der Waals surface area (Å²) in [5.41, 5.74) is 0.997. The summed E-state index contributed by atoms with van der Waals surface area (Å²) < 4.78 is 17.4. The molecule has 0 N–H and O–H groups in total. The molecular weight excluding hydrogens is 264 g/mol. The smallest absolute Gasteiger partial charge is 0.157 e. The van der Waals surface area contributed by atoms with E-state index in [-0.39, 0.29) is 18.5 Å². The van der Waals surface area contributed by atoms with Gasteiger partial charge < -0.3 is 14.2 Å². The molecule has 0 unspecified atom stereocenters. The molecule has 1 aliphatic rings. The largest absolute Gasteiger partial charge is 0.368 e. The van der Waals surface area contributed by atoms with Crippen molar-refractivity contribution in [2.45, 2.75) is 51.8 Å². The van der Waals surface area contributed by atoms with Crippen LogP contribution in [0.1, 0.15) is 32.3 Å². The van der Waals surface area contributed by atoms with Crippen molar-refractivity contribution in [3.05, 3.63) is 34.9 Å². The van der Waals surface area contributed by atoms with Crippen LogP contribution in [0, 0.1) is 0 Å². The Morgan fingerprint density at radius 1 is 1.26 bits per heavy atom. The molecule has 0 aromatic heterocycles. The van der Waals surface area contributed by atoms with E-state index in [2.05, 4.69) is 13.8 Å². The highest BCUT2D eigenvalue weighted by Gasteiger charge is 2.30. The first-order chi connectivity index (χ1) is 9.24. The van der Waals surface area contributed by atoms with Crippen LogP contribution in [-0.2, 0) is 20.8 Å². The van der Waals surface area contributed by atoms with E-state index in [1.165, 1.54) is 0 Å². The predicted molar refractivity (Wildman–Crippen MR) is 75.2 cm³/mol. The second kappa shape index (κ2) is 7.25. The number of benzene rings is 1. The average Bonchev–Trinajstić information content (AvgIpc) is 2.46. The lowest BCUT2D eigenvalue weighted by Crippen LogP contribution is -2.44. The molecular formula is C15H21ClO3. The maximum atomic E-state index is 6.12. The molecule has 0 aliphatic carbocycles. The number of hydrogen-bond acceptors (Lipinski definition) is 3. The topological polar surface area (TPSA) is 27.7 Å². The first-order valence-corrected chi connectivity index (χ1v) is 7.24. The van der Waals surface area contributed by atoms with E-state index in [0.29, 0.717) is 13.2 Å². The minimum Gasteiger partial charge on any atom is -0.368 e. The summed E-state index contributed by atoms with van der Waals surface area (Å²) in [5.74, 6) is 0. The molecule has 1 heterocycles. The zero-order chi connectivity index (χ0) is 13.7. The Morgan fingerprint density at radius 3 is 2.74 bits per heavy atom. The molecule has 0 amide bonds. The molecule has 0 saturated carbocycles. The highest BCUT2D eigenvalue weighted by atomic mass is 35.5. The summed E-state index contributed by atoms with van der Waals surface area (Å²) in [6, 6.07) is 7.73. The van der Waals surface area contributed by atoms with Gasteiger partial charge in [-0.15, -0.1) is 0 Å². The molecule has 1 saturated heterocycles. The number of halogens is 1. The molecule has 3 atom stereocenters. The highest BCUT2D eigenvalue weighted by Crippen LogP contribution is 2.23. The van der Waals surface area contributed by atoms with Gasteiger partial charge in [-0.3, -0.25) is 0 Å². The Kier molecular flexibility index (Phi) is 5.64. The van der Waals surface area contributed by atoms with Crippen molar-refractivity contribution in [3.8, 4) is 0 Å². The van der Waals surface area contributed by atoms with Crippen LogP contribution in [0.4, 0.5) is 0 Å². The predicted octanol–water partition coefficient (Wildman–Crippen LogP) is 3.79. The summed E-state index contributed by atoms with van der Waals surface area (Å²) >= 11 is 6.12. The summed E-state index contributed by atoms with van der Waals surface area (Å²) in [7, 11) is 0. The second-order valence-corrected chi connectivity index (χ2v) is 5.10. The van der Waals surface area contributed by atoms with Crippen LogP contribution in [0.2, 0.25) is 5.02 Å². The lowest BCUT2D eigenvalue weighted by molar-refractivity contribution is -0.263. The van der Waals surface area contributed by atoms with Gasteiger partial charge in [0, 0.05) is 5.02 Å². The molecule has 1 aromatic carbocycles. The Bertz CT molecular complexity index is 397. The van der Waals surface area contributed by atoms with Gasteiger partial charge in [0.1, 0.15) is 6.10 Å². The van der Waals surface area contributed by atoms with Crippen molar-refractivity contribution in [1.82, 2.24) is 0 Å². The molecule has 1 fully saturated rings. The molecule has 0 radical (unpaired) electrons. The fourth-order valence-electron chi connectivity index (χ4n) is 2.17. The van der Waals surface area contributed by atoms with Gasteiger partial charge in [0.05, 0.1) is 19.3 Å². The van der Waals surface area contributed by atoms with E-state index >= 15 is 0 Å². The SMILES string of the molecule is CC[C@H]1OC[C@@H](OCc2ccccc2Cl)[C@@H](CC)O1. The monoisotopic (exact) mass is 284 g/mol. The summed E-state index contributed by atoms with van der Waals surface area (Å²) in [4.78, 5) is 0. The van der Waals surface area contributed by atoms with Gasteiger partial charge in [-0.05, 0) is 24.5 Å². The molecule has 106 valence electrons. The van der Waals surface area contributed by atoms with Crippen LogP contribution in [0.25, 0.3) is 0 Å². The minimum absolute atomic E-state index is 0.0240. The molecule has 3 nitrogen and oxygen atoms in total. The van der Waals surface area contributed by atoms with Gasteiger partial charge in [0.25, 0.3) is 0 Å². The first kappa shape index (κ1) is 14.8. The van der Waals surface area contributed by atoms with Crippen molar-refractivity contribution in [1.29, 1.82) is 0 Å². The van der Waals surface area contributed by atoms with Gasteiger partial charge in [0.15, 0.2) is 6.29 Å². The lowest BCUT2D eigenvalue weighted by atomic mass is 10.1. The number of rotatable bonds is 5. The average molecular weight is 285 g/mol. The Balaban J connectivity index is 1.90. The highest BCUT2D eigenvalue weighted by molar-refractivity contribution is 6.31. The van der Waals surface area contributed by atoms with E-state index in [9.17, 15) is 0 Å². The van der Waals surface area contributed by atoms with E-state index in [1.807, 2.05) is 24.3 Å². The number of ether oxygens (including phenoxy) is 3. The first-order valence-electron chi connectivity index (χ1n) is 6.86. The van der Waals surface area contributed by atoms with Crippen LogP contribution in [0.5, 0.6) is 0 Å². The van der Waals surface area contributed by atoms with Crippen molar-refractivity contribution in [2.75, 3.05) is 6.61 Å². The number of hydrogen-bond donors (Lipinski definition) is 0. The van der Waals surface area contributed by atoms with Crippen molar-refractivity contribution in [3.63, 3.8) is 0 Å². The van der Waals surface area contributed by atoms with E-state index in [0.717, 1.165) is 23.4 Å². The van der Waals surface area contributed by atoms with Crippen LogP contribution in [0.15, 0.2) is 24.3 Å². The zero-order valence-corrected chi connectivity index (χ0v) is 12.2. The molecule has 4 heteroatoms. The standard InChI is InChI=1S/C15H21ClO3/c1-3-13-14(10-18-15(4-2)19-13)17-9-11-7-5-6-8-12(11)16/h5-8,13-15H,3-4,9-10H2,1-2H3/t13-,14-,15+/m1/s1. The van der Waals surface area contributed by atoms with Gasteiger partial charge >= 0.3 is 0 Å². The van der Waals surface area contributed by atoms with Gasteiger partial charge in [-0.2, -0.15) is 0 Å². The second-order valence-electron chi connectivity index (χ2n) is 4.69. The fraction of sp³-hybridized carbons (Fsp3) is 0.600. The van der Waals surface area contributed by atoms with E-state index in [4.69, 9.17) is 25.8 Å². The van der Waals surface area contributed by atoms with E-state index < -0.39 is 0 Å². The molecule has 0 spiro atoms. The third kappa shape index (κ3) is 3.93. The quantitative estimate of drug-likeness (QED) is 0.823. The third-order valence-corrected chi connectivity index (χ3v) is 3.70. The van der Waals surface area contributed by atoms with Crippen LogP contribution in [0.3, 0.4) is 0 Å². The summed E-state index contributed by atoms with van der Waals surface area (Å²) in [6.45, 7) is 5.24. The maximum Gasteiger partial charge on any atom is 0.157 e. The minimum atomic E-state index is -0.0925. The Labute approximate surface area is 119 Å². The van der Waals surface area contributed by atoms with Crippen LogP contribution in [-0.4, -0.2) is 25.1 Å². The van der Waals surface area contributed by atoms with Gasteiger partial charge in [0.2, 0.25) is 0 Å². The third-order valence-electron chi connectivity index (χ3n) is 3.33. The van der Waals surface area contributed by atoms with Crippen molar-refractivity contribution in [2.24, 2.45) is 0 Å². The Morgan fingerprint density at radius 2 is 2.05 bits per heavy atom. The fourth-order valence-corrected chi connectivity index (χ4v) is 2.36. The molecule has 19 heavy (non-hydrogen) atoms. The molecule has 1 aliphatic heterocycles. The van der Waals surface area contributed by atoms with Crippen LogP contribution >= 0.6 is 11.6 Å². The van der Waals surface area contributed by atoms with Crippen LogP contribution < -0.4 is 0 Å². The lowest BCUT2D eigenvalue weighted by Gasteiger charge is -2.35. The van der Waals surface area contributed by atoms with Crippen molar-refractivity contribution < 1.29 is 14.2 Å². The maximum absolute atomic E-state index is 6.12. The zero-order valence-electron chi connectivity index (χ0n) is 11.5. The van der Waals surface area contributed by atoms with Crippen molar-refractivity contribution >= 4 is 11.6 Å². The normalized spacial score (nSPS) is 27.4. The molecule has 0 bridgehead atoms. The Hall–Kier alpha value is -0.610. The summed E-state index contributed by atoms with van der Waals surface area (Å²) in [5, 5.41) is 0.736.